The maximum atomic E-state index is 2.41. The summed E-state index contributed by atoms with van der Waals surface area (Å²) in [4.78, 5) is 0. The summed E-state index contributed by atoms with van der Waals surface area (Å²) in [6.45, 7) is 4.83. The van der Waals surface area contributed by atoms with Crippen LogP contribution in [-0.2, 0) is 6.42 Å². The highest BCUT2D eigenvalue weighted by molar-refractivity contribution is 5.39. The second kappa shape index (κ2) is 2.37. The Morgan fingerprint density at radius 1 is 1.08 bits per heavy atom. The molecule has 3 rings (SSSR count). The fraction of sp³-hybridized carbons (Fsp3) is 0.538. The van der Waals surface area contributed by atoms with E-state index in [1.165, 1.54) is 6.42 Å². The van der Waals surface area contributed by atoms with Crippen molar-refractivity contribution < 1.29 is 0 Å². The maximum Gasteiger partial charge on any atom is -0.00967 e. The van der Waals surface area contributed by atoms with Crippen LogP contribution >= 0.6 is 0 Å². The SMILES string of the molecule is CC1C(C)C2c3ccccc3CC12. The topological polar surface area (TPSA) is 0 Å². The minimum atomic E-state index is 0.895. The Labute approximate surface area is 80.0 Å². The minimum absolute atomic E-state index is 0.895. The summed E-state index contributed by atoms with van der Waals surface area (Å²) in [5.41, 5.74) is 3.27. The molecule has 13 heavy (non-hydrogen) atoms. The monoisotopic (exact) mass is 172 g/mol. The normalized spacial score (nSPS) is 40.8. The van der Waals surface area contributed by atoms with Gasteiger partial charge in [0.05, 0.1) is 0 Å². The lowest BCUT2D eigenvalue weighted by molar-refractivity contribution is 0.0763. The lowest BCUT2D eigenvalue weighted by Gasteiger charge is -2.46. The van der Waals surface area contributed by atoms with Crippen molar-refractivity contribution in [1.82, 2.24) is 0 Å². The van der Waals surface area contributed by atoms with Crippen molar-refractivity contribution >= 4 is 0 Å². The van der Waals surface area contributed by atoms with Crippen molar-refractivity contribution in [3.8, 4) is 0 Å². The Morgan fingerprint density at radius 2 is 1.85 bits per heavy atom. The molecule has 0 bridgehead atoms. The van der Waals surface area contributed by atoms with Crippen LogP contribution in [0.25, 0.3) is 0 Å². The Balaban J connectivity index is 2.05. The van der Waals surface area contributed by atoms with Crippen LogP contribution in [0.1, 0.15) is 30.9 Å². The molecule has 2 aliphatic rings. The lowest BCUT2D eigenvalue weighted by Crippen LogP contribution is -2.39. The molecule has 0 nitrogen and oxygen atoms in total. The van der Waals surface area contributed by atoms with Gasteiger partial charge in [-0.2, -0.15) is 0 Å². The predicted octanol–water partition coefficient (Wildman–Crippen LogP) is 3.23. The number of benzene rings is 1. The van der Waals surface area contributed by atoms with Crippen molar-refractivity contribution in [2.24, 2.45) is 17.8 Å². The second-order valence-electron chi connectivity index (χ2n) is 4.81. The van der Waals surface area contributed by atoms with Gasteiger partial charge >= 0.3 is 0 Å². The van der Waals surface area contributed by atoms with Gasteiger partial charge in [-0.25, -0.2) is 0 Å². The largest absolute Gasteiger partial charge is 0.0620 e. The molecule has 2 aliphatic carbocycles. The van der Waals surface area contributed by atoms with Gasteiger partial charge in [0.25, 0.3) is 0 Å². The van der Waals surface area contributed by atoms with E-state index in [2.05, 4.69) is 38.1 Å². The van der Waals surface area contributed by atoms with Crippen molar-refractivity contribution in [2.75, 3.05) is 0 Å². The van der Waals surface area contributed by atoms with E-state index in [0.29, 0.717) is 0 Å². The highest BCUT2D eigenvalue weighted by Gasteiger charge is 2.49. The van der Waals surface area contributed by atoms with E-state index in [1.54, 1.807) is 11.1 Å². The zero-order chi connectivity index (χ0) is 9.00. The fourth-order valence-electron chi connectivity index (χ4n) is 3.41. The third-order valence-corrected chi connectivity index (χ3v) is 4.40. The van der Waals surface area contributed by atoms with Crippen LogP contribution in [-0.4, -0.2) is 0 Å². The highest BCUT2D eigenvalue weighted by Crippen LogP contribution is 2.58. The summed E-state index contributed by atoms with van der Waals surface area (Å²) < 4.78 is 0. The molecule has 0 N–H and O–H groups in total. The zero-order valence-corrected chi connectivity index (χ0v) is 8.33. The van der Waals surface area contributed by atoms with Crippen molar-refractivity contribution in [3.63, 3.8) is 0 Å². The summed E-state index contributed by atoms with van der Waals surface area (Å²) in [6, 6.07) is 9.02. The Kier molecular flexibility index (Phi) is 1.39. The van der Waals surface area contributed by atoms with Crippen LogP contribution in [0.2, 0.25) is 0 Å². The number of fused-ring (bicyclic) bond motifs is 3. The number of hydrogen-bond acceptors (Lipinski definition) is 0. The summed E-state index contributed by atoms with van der Waals surface area (Å²) in [5, 5.41) is 0. The molecule has 1 fully saturated rings. The average molecular weight is 172 g/mol. The Bertz CT molecular complexity index is 340. The van der Waals surface area contributed by atoms with Gasteiger partial charge in [-0.1, -0.05) is 38.1 Å². The quantitative estimate of drug-likeness (QED) is 0.563. The molecule has 4 unspecified atom stereocenters. The molecule has 0 spiro atoms. The summed E-state index contributed by atoms with van der Waals surface area (Å²) in [6.07, 6.45) is 1.34. The molecule has 4 atom stereocenters. The number of rotatable bonds is 0. The van der Waals surface area contributed by atoms with Gasteiger partial charge in [0.15, 0.2) is 0 Å². The molecular weight excluding hydrogens is 156 g/mol. The minimum Gasteiger partial charge on any atom is -0.0620 e. The Morgan fingerprint density at radius 3 is 2.69 bits per heavy atom. The summed E-state index contributed by atoms with van der Waals surface area (Å²) in [7, 11) is 0. The smallest absolute Gasteiger partial charge is 0.00967 e. The molecule has 1 aromatic carbocycles. The third kappa shape index (κ3) is 0.815. The van der Waals surface area contributed by atoms with Gasteiger partial charge in [-0.3, -0.25) is 0 Å². The first-order chi connectivity index (χ1) is 6.29. The van der Waals surface area contributed by atoms with Crippen LogP contribution in [0.4, 0.5) is 0 Å². The second-order valence-corrected chi connectivity index (χ2v) is 4.81. The maximum absolute atomic E-state index is 2.41. The van der Waals surface area contributed by atoms with E-state index >= 15 is 0 Å². The van der Waals surface area contributed by atoms with E-state index in [4.69, 9.17) is 0 Å². The van der Waals surface area contributed by atoms with Crippen LogP contribution in [0.5, 0.6) is 0 Å². The molecule has 0 radical (unpaired) electrons. The number of hydrogen-bond donors (Lipinski definition) is 0. The molecule has 0 heterocycles. The van der Waals surface area contributed by atoms with Crippen molar-refractivity contribution in [3.05, 3.63) is 35.4 Å². The van der Waals surface area contributed by atoms with Gasteiger partial charge < -0.3 is 0 Å². The fourth-order valence-corrected chi connectivity index (χ4v) is 3.41. The molecule has 0 heteroatoms. The molecule has 0 aliphatic heterocycles. The van der Waals surface area contributed by atoms with E-state index in [-0.39, 0.29) is 0 Å². The van der Waals surface area contributed by atoms with Crippen LogP contribution in [0, 0.1) is 17.8 Å². The van der Waals surface area contributed by atoms with Gasteiger partial charge in [-0.15, -0.1) is 0 Å². The standard InChI is InChI=1S/C13H16/c1-8-9(2)13-11-6-4-3-5-10(11)7-12(8)13/h3-6,8-9,12-13H,7H2,1-2H3. The lowest BCUT2D eigenvalue weighted by atomic mass is 9.58. The molecular formula is C13H16. The molecule has 68 valence electrons. The molecule has 0 saturated heterocycles. The first-order valence-electron chi connectivity index (χ1n) is 5.37. The molecule has 0 aromatic heterocycles. The van der Waals surface area contributed by atoms with E-state index in [1.807, 2.05) is 0 Å². The average Bonchev–Trinajstić information content (AvgIpc) is 2.52. The van der Waals surface area contributed by atoms with Crippen molar-refractivity contribution in [2.45, 2.75) is 26.2 Å². The van der Waals surface area contributed by atoms with Crippen LogP contribution in [0.3, 0.4) is 0 Å². The van der Waals surface area contributed by atoms with Gasteiger partial charge in [0.2, 0.25) is 0 Å². The van der Waals surface area contributed by atoms with E-state index in [0.717, 1.165) is 23.7 Å². The van der Waals surface area contributed by atoms with E-state index < -0.39 is 0 Å². The first-order valence-corrected chi connectivity index (χ1v) is 5.37. The Hall–Kier alpha value is -0.780. The third-order valence-electron chi connectivity index (χ3n) is 4.40. The highest BCUT2D eigenvalue weighted by atomic mass is 14.5. The van der Waals surface area contributed by atoms with Gasteiger partial charge in [-0.05, 0) is 41.2 Å². The van der Waals surface area contributed by atoms with E-state index in [9.17, 15) is 0 Å². The van der Waals surface area contributed by atoms with Crippen LogP contribution < -0.4 is 0 Å². The summed E-state index contributed by atoms with van der Waals surface area (Å²) in [5.74, 6) is 3.71. The van der Waals surface area contributed by atoms with Gasteiger partial charge in [0.1, 0.15) is 0 Å². The molecule has 1 aromatic rings. The summed E-state index contributed by atoms with van der Waals surface area (Å²) >= 11 is 0. The first kappa shape index (κ1) is 7.61. The predicted molar refractivity (Wildman–Crippen MR) is 54.7 cm³/mol. The van der Waals surface area contributed by atoms with Crippen LogP contribution in [0.15, 0.2) is 24.3 Å². The molecule has 1 saturated carbocycles. The van der Waals surface area contributed by atoms with Crippen molar-refractivity contribution in [1.29, 1.82) is 0 Å². The zero-order valence-electron chi connectivity index (χ0n) is 8.33. The van der Waals surface area contributed by atoms with Gasteiger partial charge in [0, 0.05) is 0 Å². The molecule has 0 amide bonds.